The van der Waals surface area contributed by atoms with Gasteiger partial charge in [0.15, 0.2) is 0 Å². The first-order valence-electron chi connectivity index (χ1n) is 5.60. The summed E-state index contributed by atoms with van der Waals surface area (Å²) in [6.07, 6.45) is 0.859. The fourth-order valence-corrected chi connectivity index (χ4v) is 2.91. The molecule has 4 unspecified atom stereocenters. The van der Waals surface area contributed by atoms with Crippen LogP contribution in [-0.2, 0) is 4.74 Å². The molecule has 1 aliphatic heterocycles. The second-order valence-corrected chi connectivity index (χ2v) is 5.09. The van der Waals surface area contributed by atoms with Gasteiger partial charge < -0.3 is 4.74 Å². The molecule has 4 atom stereocenters. The SMILES string of the molecule is CC(C)C1C(C)C(C)OC(C)C1C. The summed E-state index contributed by atoms with van der Waals surface area (Å²) < 4.78 is 5.89. The van der Waals surface area contributed by atoms with Gasteiger partial charge in [-0.2, -0.15) is 0 Å². The van der Waals surface area contributed by atoms with Crippen molar-refractivity contribution < 1.29 is 4.74 Å². The molecular formula is C12H24O. The van der Waals surface area contributed by atoms with E-state index in [9.17, 15) is 0 Å². The maximum Gasteiger partial charge on any atom is 0.0579 e. The van der Waals surface area contributed by atoms with Gasteiger partial charge in [-0.25, -0.2) is 0 Å². The first kappa shape index (κ1) is 11.0. The zero-order valence-corrected chi connectivity index (χ0v) is 9.87. The van der Waals surface area contributed by atoms with Crippen molar-refractivity contribution in [3.63, 3.8) is 0 Å². The van der Waals surface area contributed by atoms with E-state index < -0.39 is 0 Å². The molecule has 0 N–H and O–H groups in total. The van der Waals surface area contributed by atoms with Crippen molar-refractivity contribution in [3.8, 4) is 0 Å². The molecule has 1 saturated heterocycles. The van der Waals surface area contributed by atoms with Crippen molar-refractivity contribution in [1.29, 1.82) is 0 Å². The molecule has 0 aromatic heterocycles. The van der Waals surface area contributed by atoms with Crippen molar-refractivity contribution in [2.24, 2.45) is 23.7 Å². The van der Waals surface area contributed by atoms with Crippen LogP contribution in [0.25, 0.3) is 0 Å². The van der Waals surface area contributed by atoms with Gasteiger partial charge in [-0.05, 0) is 37.5 Å². The molecule has 0 aromatic carbocycles. The summed E-state index contributed by atoms with van der Waals surface area (Å²) in [5, 5.41) is 0. The van der Waals surface area contributed by atoms with Crippen LogP contribution in [0, 0.1) is 23.7 Å². The molecule has 13 heavy (non-hydrogen) atoms. The van der Waals surface area contributed by atoms with Crippen LogP contribution in [0.3, 0.4) is 0 Å². The number of hydrogen-bond acceptors (Lipinski definition) is 1. The molecule has 0 spiro atoms. The van der Waals surface area contributed by atoms with Crippen LogP contribution in [0.15, 0.2) is 0 Å². The average molecular weight is 184 g/mol. The zero-order chi connectivity index (χ0) is 10.2. The van der Waals surface area contributed by atoms with Crippen LogP contribution < -0.4 is 0 Å². The summed E-state index contributed by atoms with van der Waals surface area (Å²) in [6, 6.07) is 0. The van der Waals surface area contributed by atoms with E-state index >= 15 is 0 Å². The molecule has 1 rings (SSSR count). The first-order valence-corrected chi connectivity index (χ1v) is 5.60. The lowest BCUT2D eigenvalue weighted by molar-refractivity contribution is -0.131. The third-order valence-corrected chi connectivity index (χ3v) is 3.89. The lowest BCUT2D eigenvalue weighted by Crippen LogP contribution is -2.45. The Kier molecular flexibility index (Phi) is 3.39. The molecule has 1 nitrogen and oxygen atoms in total. The molecule has 0 aliphatic carbocycles. The van der Waals surface area contributed by atoms with Crippen molar-refractivity contribution in [1.82, 2.24) is 0 Å². The molecule has 1 heterocycles. The van der Waals surface area contributed by atoms with Crippen LogP contribution in [0.1, 0.15) is 41.5 Å². The summed E-state index contributed by atoms with van der Waals surface area (Å²) in [4.78, 5) is 0. The Bertz CT molecular complexity index is 151. The quantitative estimate of drug-likeness (QED) is 0.607. The molecule has 1 fully saturated rings. The van der Waals surface area contributed by atoms with Crippen molar-refractivity contribution >= 4 is 0 Å². The van der Waals surface area contributed by atoms with Crippen molar-refractivity contribution in [2.75, 3.05) is 0 Å². The molecule has 1 heteroatoms. The third kappa shape index (κ3) is 2.07. The highest BCUT2D eigenvalue weighted by molar-refractivity contribution is 4.86. The molecule has 0 aromatic rings. The molecule has 0 amide bonds. The number of hydrogen-bond donors (Lipinski definition) is 0. The lowest BCUT2D eigenvalue weighted by Gasteiger charge is -2.45. The highest BCUT2D eigenvalue weighted by atomic mass is 16.5. The standard InChI is InChI=1S/C12H24O/c1-7(2)12-8(3)10(5)13-11(6)9(12)4/h7-12H,1-6H3. The van der Waals surface area contributed by atoms with Crippen LogP contribution in [0.5, 0.6) is 0 Å². The normalized spacial score (nSPS) is 46.8. The predicted octanol–water partition coefficient (Wildman–Crippen LogP) is 3.34. The Morgan fingerprint density at radius 2 is 1.23 bits per heavy atom. The summed E-state index contributed by atoms with van der Waals surface area (Å²) >= 11 is 0. The fourth-order valence-electron chi connectivity index (χ4n) is 2.91. The minimum atomic E-state index is 0.429. The summed E-state index contributed by atoms with van der Waals surface area (Å²) in [5.74, 6) is 3.00. The summed E-state index contributed by atoms with van der Waals surface area (Å²) in [5.41, 5.74) is 0. The minimum absolute atomic E-state index is 0.429. The Labute approximate surface area is 82.9 Å². The van der Waals surface area contributed by atoms with Gasteiger partial charge in [0.05, 0.1) is 12.2 Å². The average Bonchev–Trinajstić information content (AvgIpc) is 2.01. The zero-order valence-electron chi connectivity index (χ0n) is 9.87. The Hall–Kier alpha value is -0.0400. The minimum Gasteiger partial charge on any atom is -0.375 e. The fraction of sp³-hybridized carbons (Fsp3) is 1.00. The molecule has 0 radical (unpaired) electrons. The molecule has 0 saturated carbocycles. The van der Waals surface area contributed by atoms with Gasteiger partial charge in [0.1, 0.15) is 0 Å². The lowest BCUT2D eigenvalue weighted by atomic mass is 9.70. The van der Waals surface area contributed by atoms with Crippen molar-refractivity contribution in [3.05, 3.63) is 0 Å². The van der Waals surface area contributed by atoms with E-state index in [4.69, 9.17) is 4.74 Å². The maximum atomic E-state index is 5.89. The third-order valence-electron chi connectivity index (χ3n) is 3.89. The van der Waals surface area contributed by atoms with Gasteiger partial charge in [0.2, 0.25) is 0 Å². The van der Waals surface area contributed by atoms with Gasteiger partial charge in [-0.3, -0.25) is 0 Å². The van der Waals surface area contributed by atoms with Crippen LogP contribution in [0.4, 0.5) is 0 Å². The van der Waals surface area contributed by atoms with E-state index in [2.05, 4.69) is 41.5 Å². The second-order valence-electron chi connectivity index (χ2n) is 5.09. The molecule has 78 valence electrons. The predicted molar refractivity (Wildman–Crippen MR) is 56.7 cm³/mol. The first-order chi connectivity index (χ1) is 5.95. The Balaban J connectivity index is 2.76. The molecular weight excluding hydrogens is 160 g/mol. The molecule has 0 bridgehead atoms. The number of ether oxygens (including phenoxy) is 1. The van der Waals surface area contributed by atoms with Gasteiger partial charge >= 0.3 is 0 Å². The Morgan fingerprint density at radius 3 is 1.54 bits per heavy atom. The highest BCUT2D eigenvalue weighted by Gasteiger charge is 2.38. The van der Waals surface area contributed by atoms with Gasteiger partial charge in [-0.15, -0.1) is 0 Å². The summed E-state index contributed by atoms with van der Waals surface area (Å²) in [6.45, 7) is 13.8. The van der Waals surface area contributed by atoms with E-state index in [0.29, 0.717) is 24.0 Å². The van der Waals surface area contributed by atoms with E-state index in [1.165, 1.54) is 0 Å². The van der Waals surface area contributed by atoms with Gasteiger partial charge in [-0.1, -0.05) is 27.7 Å². The van der Waals surface area contributed by atoms with E-state index in [0.717, 1.165) is 11.8 Å². The van der Waals surface area contributed by atoms with E-state index in [-0.39, 0.29) is 0 Å². The van der Waals surface area contributed by atoms with Gasteiger partial charge in [0, 0.05) is 0 Å². The molecule has 1 aliphatic rings. The van der Waals surface area contributed by atoms with E-state index in [1.54, 1.807) is 0 Å². The second kappa shape index (κ2) is 4.00. The van der Waals surface area contributed by atoms with Crippen LogP contribution in [0.2, 0.25) is 0 Å². The van der Waals surface area contributed by atoms with E-state index in [1.807, 2.05) is 0 Å². The van der Waals surface area contributed by atoms with Crippen LogP contribution in [-0.4, -0.2) is 12.2 Å². The highest BCUT2D eigenvalue weighted by Crippen LogP contribution is 2.39. The maximum absolute atomic E-state index is 5.89. The largest absolute Gasteiger partial charge is 0.375 e. The van der Waals surface area contributed by atoms with Crippen molar-refractivity contribution in [2.45, 2.75) is 53.8 Å². The van der Waals surface area contributed by atoms with Gasteiger partial charge in [0.25, 0.3) is 0 Å². The topological polar surface area (TPSA) is 9.23 Å². The Morgan fingerprint density at radius 1 is 0.846 bits per heavy atom. The monoisotopic (exact) mass is 184 g/mol. The van der Waals surface area contributed by atoms with Crippen LogP contribution >= 0.6 is 0 Å². The number of rotatable bonds is 1. The smallest absolute Gasteiger partial charge is 0.0579 e. The summed E-state index contributed by atoms with van der Waals surface area (Å²) in [7, 11) is 0.